The second-order valence-corrected chi connectivity index (χ2v) is 5.46. The Labute approximate surface area is 120 Å². The van der Waals surface area contributed by atoms with Gasteiger partial charge in [-0.3, -0.25) is 9.97 Å². The Morgan fingerprint density at radius 1 is 1.20 bits per heavy atom. The Bertz CT molecular complexity index is 743. The molecule has 0 N–H and O–H groups in total. The second-order valence-electron chi connectivity index (χ2n) is 4.40. The summed E-state index contributed by atoms with van der Waals surface area (Å²) in [4.78, 5) is 13.8. The van der Waals surface area contributed by atoms with Gasteiger partial charge in [0.25, 0.3) is 0 Å². The third-order valence-corrected chi connectivity index (χ3v) is 3.76. The number of furan rings is 1. The fourth-order valence-corrected chi connectivity index (χ4v) is 2.69. The van der Waals surface area contributed by atoms with E-state index in [4.69, 9.17) is 4.42 Å². The normalized spacial score (nSPS) is 11.8. The van der Waals surface area contributed by atoms with E-state index >= 15 is 0 Å². The van der Waals surface area contributed by atoms with Crippen molar-refractivity contribution in [3.8, 4) is 10.8 Å². The minimum Gasteiger partial charge on any atom is -0.459 e. The van der Waals surface area contributed by atoms with Crippen LogP contribution in [0.15, 0.2) is 41.3 Å². The van der Waals surface area contributed by atoms with Crippen LogP contribution in [0.4, 0.5) is 0 Å². The Morgan fingerprint density at radius 2 is 2.10 bits per heavy atom. The first-order chi connectivity index (χ1) is 9.72. The molecule has 0 aliphatic rings. The standard InChI is InChI=1S/C15H13N3OS/c1-10(13-9-16-5-6-17-13)7-12-8-18-15(20-12)14-4-3-11(2)19-14/h3-9H,1-2H3/b10-7+. The zero-order valence-electron chi connectivity index (χ0n) is 11.2. The topological polar surface area (TPSA) is 51.8 Å². The number of hydrogen-bond donors (Lipinski definition) is 0. The first kappa shape index (κ1) is 12.7. The monoisotopic (exact) mass is 283 g/mol. The largest absolute Gasteiger partial charge is 0.459 e. The van der Waals surface area contributed by atoms with Crippen molar-refractivity contribution in [3.63, 3.8) is 0 Å². The summed E-state index contributed by atoms with van der Waals surface area (Å²) in [5.41, 5.74) is 1.93. The first-order valence-electron chi connectivity index (χ1n) is 6.20. The summed E-state index contributed by atoms with van der Waals surface area (Å²) in [6.07, 6.45) is 9.01. The second kappa shape index (κ2) is 5.38. The maximum Gasteiger partial charge on any atom is 0.162 e. The number of aromatic nitrogens is 3. The predicted molar refractivity (Wildman–Crippen MR) is 80.1 cm³/mol. The molecule has 100 valence electrons. The summed E-state index contributed by atoms with van der Waals surface area (Å²) in [6.45, 7) is 3.94. The van der Waals surface area contributed by atoms with E-state index in [1.807, 2.05) is 32.2 Å². The van der Waals surface area contributed by atoms with Crippen molar-refractivity contribution < 1.29 is 4.42 Å². The highest BCUT2D eigenvalue weighted by molar-refractivity contribution is 7.15. The minimum atomic E-state index is 0.810. The molecule has 0 aliphatic carbocycles. The van der Waals surface area contributed by atoms with Gasteiger partial charge in [0.1, 0.15) is 5.76 Å². The summed E-state index contributed by atoms with van der Waals surface area (Å²) in [5.74, 6) is 1.70. The van der Waals surface area contributed by atoms with Crippen LogP contribution in [0.25, 0.3) is 22.4 Å². The lowest BCUT2D eigenvalue weighted by Crippen LogP contribution is -1.85. The summed E-state index contributed by atoms with van der Waals surface area (Å²) < 4.78 is 5.58. The van der Waals surface area contributed by atoms with E-state index in [1.54, 1.807) is 29.9 Å². The van der Waals surface area contributed by atoms with Gasteiger partial charge < -0.3 is 4.42 Å². The van der Waals surface area contributed by atoms with Gasteiger partial charge >= 0.3 is 0 Å². The van der Waals surface area contributed by atoms with Crippen molar-refractivity contribution in [1.82, 2.24) is 15.0 Å². The van der Waals surface area contributed by atoms with E-state index < -0.39 is 0 Å². The van der Waals surface area contributed by atoms with Gasteiger partial charge in [0.05, 0.1) is 11.9 Å². The van der Waals surface area contributed by atoms with Crippen molar-refractivity contribution in [2.75, 3.05) is 0 Å². The number of rotatable bonds is 3. The lowest BCUT2D eigenvalue weighted by atomic mass is 10.2. The van der Waals surface area contributed by atoms with E-state index in [-0.39, 0.29) is 0 Å². The van der Waals surface area contributed by atoms with E-state index in [2.05, 4.69) is 21.0 Å². The zero-order valence-corrected chi connectivity index (χ0v) is 12.0. The zero-order chi connectivity index (χ0) is 13.9. The lowest BCUT2D eigenvalue weighted by molar-refractivity contribution is 0.548. The van der Waals surface area contributed by atoms with Gasteiger partial charge in [-0.25, -0.2) is 4.98 Å². The fourth-order valence-electron chi connectivity index (χ4n) is 1.81. The highest BCUT2D eigenvalue weighted by Gasteiger charge is 2.07. The highest BCUT2D eigenvalue weighted by atomic mass is 32.1. The molecule has 3 aromatic heterocycles. The quantitative estimate of drug-likeness (QED) is 0.727. The van der Waals surface area contributed by atoms with Gasteiger partial charge in [-0.1, -0.05) is 0 Å². The summed E-state index contributed by atoms with van der Waals surface area (Å²) in [7, 11) is 0. The number of thiazole rings is 1. The molecule has 20 heavy (non-hydrogen) atoms. The van der Waals surface area contributed by atoms with Crippen molar-refractivity contribution >= 4 is 23.0 Å². The van der Waals surface area contributed by atoms with Crippen molar-refractivity contribution in [1.29, 1.82) is 0 Å². The molecule has 3 heterocycles. The molecular formula is C15H13N3OS. The van der Waals surface area contributed by atoms with E-state index in [0.717, 1.165) is 32.7 Å². The fraction of sp³-hybridized carbons (Fsp3) is 0.133. The molecule has 0 saturated heterocycles. The number of aryl methyl sites for hydroxylation is 1. The average molecular weight is 283 g/mol. The Kier molecular flexibility index (Phi) is 3.43. The molecular weight excluding hydrogens is 270 g/mol. The average Bonchev–Trinajstić information content (AvgIpc) is 3.09. The van der Waals surface area contributed by atoms with Crippen LogP contribution in [0.2, 0.25) is 0 Å². The Balaban J connectivity index is 1.87. The molecule has 0 amide bonds. The maximum absolute atomic E-state index is 5.58. The Morgan fingerprint density at radius 3 is 2.80 bits per heavy atom. The molecule has 0 atom stereocenters. The molecule has 0 aliphatic heterocycles. The number of hydrogen-bond acceptors (Lipinski definition) is 5. The van der Waals surface area contributed by atoms with Crippen LogP contribution < -0.4 is 0 Å². The van der Waals surface area contributed by atoms with Crippen LogP contribution in [0.1, 0.15) is 23.3 Å². The molecule has 5 heteroatoms. The molecule has 0 saturated carbocycles. The third-order valence-electron chi connectivity index (χ3n) is 2.80. The number of nitrogens with zero attached hydrogens (tertiary/aromatic N) is 3. The third kappa shape index (κ3) is 2.67. The first-order valence-corrected chi connectivity index (χ1v) is 7.01. The molecule has 0 spiro atoms. The Hall–Kier alpha value is -2.27. The molecule has 0 fully saturated rings. The molecule has 0 radical (unpaired) electrons. The van der Waals surface area contributed by atoms with E-state index in [9.17, 15) is 0 Å². The van der Waals surface area contributed by atoms with Gasteiger partial charge in [-0.2, -0.15) is 0 Å². The molecule has 3 aromatic rings. The van der Waals surface area contributed by atoms with Crippen molar-refractivity contribution in [3.05, 3.63) is 53.3 Å². The van der Waals surface area contributed by atoms with Gasteiger partial charge in [-0.05, 0) is 37.6 Å². The minimum absolute atomic E-state index is 0.810. The smallest absolute Gasteiger partial charge is 0.162 e. The van der Waals surface area contributed by atoms with Crippen LogP contribution >= 0.6 is 11.3 Å². The van der Waals surface area contributed by atoms with Gasteiger partial charge in [0, 0.05) is 23.5 Å². The van der Waals surface area contributed by atoms with Crippen LogP contribution in [0.5, 0.6) is 0 Å². The van der Waals surface area contributed by atoms with E-state index in [1.165, 1.54) is 0 Å². The lowest BCUT2D eigenvalue weighted by Gasteiger charge is -1.97. The van der Waals surface area contributed by atoms with Crippen molar-refractivity contribution in [2.24, 2.45) is 0 Å². The molecule has 3 rings (SSSR count). The molecule has 4 nitrogen and oxygen atoms in total. The predicted octanol–water partition coefficient (Wildman–Crippen LogP) is 4.06. The summed E-state index contributed by atoms with van der Waals surface area (Å²) in [6, 6.07) is 3.88. The summed E-state index contributed by atoms with van der Waals surface area (Å²) >= 11 is 1.59. The van der Waals surface area contributed by atoms with Gasteiger partial charge in [-0.15, -0.1) is 11.3 Å². The highest BCUT2D eigenvalue weighted by Crippen LogP contribution is 2.28. The number of allylic oxidation sites excluding steroid dienone is 1. The molecule has 0 aromatic carbocycles. The van der Waals surface area contributed by atoms with Crippen LogP contribution in [-0.2, 0) is 0 Å². The van der Waals surface area contributed by atoms with Crippen LogP contribution in [0, 0.1) is 6.92 Å². The molecule has 0 bridgehead atoms. The summed E-state index contributed by atoms with van der Waals surface area (Å²) in [5, 5.41) is 0.885. The molecule has 0 unspecified atom stereocenters. The van der Waals surface area contributed by atoms with Crippen LogP contribution in [0.3, 0.4) is 0 Å². The van der Waals surface area contributed by atoms with Gasteiger partial charge in [0.15, 0.2) is 10.8 Å². The van der Waals surface area contributed by atoms with Gasteiger partial charge in [0.2, 0.25) is 0 Å². The SMILES string of the molecule is C/C(=C\c1cnc(-c2ccc(C)o2)s1)c1cnccn1. The van der Waals surface area contributed by atoms with E-state index in [0.29, 0.717) is 0 Å². The maximum atomic E-state index is 5.58. The van der Waals surface area contributed by atoms with Crippen LogP contribution in [-0.4, -0.2) is 15.0 Å². The van der Waals surface area contributed by atoms with Crippen molar-refractivity contribution in [2.45, 2.75) is 13.8 Å².